The van der Waals surface area contributed by atoms with Crippen molar-refractivity contribution < 1.29 is 42.9 Å². The fourth-order valence-corrected chi connectivity index (χ4v) is 6.39. The van der Waals surface area contributed by atoms with Crippen LogP contribution in [0.4, 0.5) is 0 Å². The molecule has 9 heteroatoms. The fraction of sp³-hybridized carbons (Fsp3) is 0.583. The summed E-state index contributed by atoms with van der Waals surface area (Å²) in [5.74, 6) is -2.38. The lowest BCUT2D eigenvalue weighted by atomic mass is 10.1. The molecule has 2 unspecified atom stereocenters. The van der Waals surface area contributed by atoms with Crippen molar-refractivity contribution in [1.82, 2.24) is 0 Å². The van der Waals surface area contributed by atoms with E-state index in [1.54, 1.807) is 0 Å². The zero-order valence-electron chi connectivity index (χ0n) is 43.9. The molecule has 0 heterocycles. The topological polar surface area (TPSA) is 111 Å². The number of carbonyl (C=O) groups excluding carboxylic acids is 3. The molecule has 0 radical (unpaired) electrons. The highest BCUT2D eigenvalue weighted by molar-refractivity contribution is 5.70. The Morgan fingerprint density at radius 2 is 0.783 bits per heavy atom. The maximum Gasteiger partial charge on any atom is 0.306 e. The number of carbonyl (C=O) groups is 3. The number of carboxylic acids is 1. The molecule has 0 aromatic carbocycles. The summed E-state index contributed by atoms with van der Waals surface area (Å²) in [7, 11) is 5.88. The first kappa shape index (κ1) is 64.4. The predicted molar refractivity (Wildman–Crippen MR) is 287 cm³/mol. The van der Waals surface area contributed by atoms with Gasteiger partial charge in [-0.15, -0.1) is 0 Å². The minimum atomic E-state index is -1.64. The van der Waals surface area contributed by atoms with Crippen LogP contribution < -0.4 is 5.11 Å². The fourth-order valence-electron chi connectivity index (χ4n) is 6.39. The largest absolute Gasteiger partial charge is 0.545 e. The maximum atomic E-state index is 12.8. The number of rotatable bonds is 46. The van der Waals surface area contributed by atoms with Crippen molar-refractivity contribution in [3.63, 3.8) is 0 Å². The number of unbranched alkanes of at least 4 members (excludes halogenated alkanes) is 9. The summed E-state index contributed by atoms with van der Waals surface area (Å²) >= 11 is 0. The highest BCUT2D eigenvalue weighted by Gasteiger charge is 2.21. The lowest BCUT2D eigenvalue weighted by Gasteiger charge is -2.26. The van der Waals surface area contributed by atoms with Crippen LogP contribution in [0.25, 0.3) is 0 Å². The van der Waals surface area contributed by atoms with Gasteiger partial charge < -0.3 is 33.3 Å². The van der Waals surface area contributed by atoms with Crippen LogP contribution in [-0.2, 0) is 33.3 Å². The molecule has 69 heavy (non-hydrogen) atoms. The summed E-state index contributed by atoms with van der Waals surface area (Å²) in [5, 5.41) is 11.7. The van der Waals surface area contributed by atoms with E-state index in [1.165, 1.54) is 19.3 Å². The molecular weight excluding hydrogens is 863 g/mol. The molecule has 9 nitrogen and oxygen atoms in total. The maximum absolute atomic E-state index is 12.8. The Bertz CT molecular complexity index is 1590. The van der Waals surface area contributed by atoms with E-state index in [1.807, 2.05) is 21.1 Å². The number of quaternary nitrogens is 1. The molecule has 0 rings (SSSR count). The quantitative estimate of drug-likeness (QED) is 0.0195. The van der Waals surface area contributed by atoms with Crippen molar-refractivity contribution >= 4 is 17.9 Å². The first-order valence-electron chi connectivity index (χ1n) is 26.3. The Morgan fingerprint density at radius 1 is 0.435 bits per heavy atom. The average molecular weight is 958 g/mol. The molecule has 0 aliphatic heterocycles. The third kappa shape index (κ3) is 51.1. The van der Waals surface area contributed by atoms with Crippen LogP contribution in [0, 0.1) is 0 Å². The van der Waals surface area contributed by atoms with Crippen molar-refractivity contribution in [2.75, 3.05) is 47.5 Å². The Kier molecular flexibility index (Phi) is 46.5. The van der Waals surface area contributed by atoms with Crippen molar-refractivity contribution in [3.05, 3.63) is 134 Å². The Balaban J connectivity index is 4.46. The van der Waals surface area contributed by atoms with Gasteiger partial charge in [0.1, 0.15) is 13.2 Å². The summed E-state index contributed by atoms with van der Waals surface area (Å²) < 4.78 is 22.6. The Morgan fingerprint density at radius 3 is 1.19 bits per heavy atom. The monoisotopic (exact) mass is 958 g/mol. The number of esters is 2. The predicted octanol–water partition coefficient (Wildman–Crippen LogP) is 13.8. The van der Waals surface area contributed by atoms with Crippen LogP contribution in [0.3, 0.4) is 0 Å². The molecule has 388 valence electrons. The molecule has 0 aliphatic rings. The van der Waals surface area contributed by atoms with Gasteiger partial charge in [0.25, 0.3) is 0 Å². The third-order valence-electron chi connectivity index (χ3n) is 10.4. The van der Waals surface area contributed by atoms with Gasteiger partial charge in [-0.05, 0) is 109 Å². The number of ether oxygens (including phenoxy) is 4. The molecular formula is C60H95NO8. The molecule has 0 aromatic rings. The van der Waals surface area contributed by atoms with E-state index < -0.39 is 24.3 Å². The van der Waals surface area contributed by atoms with E-state index >= 15 is 0 Å². The number of carboxylic acid groups (broad SMARTS) is 1. The SMILES string of the molecule is CC/C=C\C/C=C\C/C=C\C/C=C\C/C=C\C/C=C\C/C=C\C/C=C\CCCCC(=O)OC(COC(=O)CCCCCCCCC/C=C\C/C=C\C/C=C\CC)COC(OCC[N+](C)(C)C)C(=O)[O-]. The van der Waals surface area contributed by atoms with E-state index in [2.05, 4.69) is 148 Å². The second kappa shape index (κ2) is 49.8. The van der Waals surface area contributed by atoms with Gasteiger partial charge >= 0.3 is 11.9 Å². The van der Waals surface area contributed by atoms with Crippen LogP contribution >= 0.6 is 0 Å². The second-order valence-corrected chi connectivity index (χ2v) is 18.0. The van der Waals surface area contributed by atoms with E-state index in [9.17, 15) is 19.5 Å². The van der Waals surface area contributed by atoms with Crippen LogP contribution in [0.2, 0.25) is 0 Å². The van der Waals surface area contributed by atoms with Gasteiger partial charge in [0.2, 0.25) is 0 Å². The van der Waals surface area contributed by atoms with Gasteiger partial charge in [-0.3, -0.25) is 9.59 Å². The number of aliphatic carboxylic acids is 1. The molecule has 0 bridgehead atoms. The molecule has 0 aromatic heterocycles. The lowest BCUT2D eigenvalue weighted by molar-refractivity contribution is -0.870. The van der Waals surface area contributed by atoms with Crippen LogP contribution in [0.1, 0.15) is 168 Å². The highest BCUT2D eigenvalue weighted by Crippen LogP contribution is 2.12. The third-order valence-corrected chi connectivity index (χ3v) is 10.4. The minimum Gasteiger partial charge on any atom is -0.545 e. The lowest BCUT2D eigenvalue weighted by Crippen LogP contribution is -2.44. The second-order valence-electron chi connectivity index (χ2n) is 18.0. The Labute approximate surface area is 420 Å². The zero-order chi connectivity index (χ0) is 50.6. The van der Waals surface area contributed by atoms with Crippen LogP contribution in [0.5, 0.6) is 0 Å². The van der Waals surface area contributed by atoms with E-state index in [0.29, 0.717) is 23.9 Å². The minimum absolute atomic E-state index is 0.129. The molecule has 0 saturated carbocycles. The van der Waals surface area contributed by atoms with Crippen molar-refractivity contribution in [2.45, 2.75) is 180 Å². The van der Waals surface area contributed by atoms with E-state index in [-0.39, 0.29) is 38.6 Å². The number of hydrogen-bond acceptors (Lipinski definition) is 8. The smallest absolute Gasteiger partial charge is 0.306 e. The normalized spacial score (nSPS) is 13.9. The van der Waals surface area contributed by atoms with Gasteiger partial charge in [-0.25, -0.2) is 0 Å². The summed E-state index contributed by atoms with van der Waals surface area (Å²) in [6.45, 7) is 4.42. The molecule has 0 saturated heterocycles. The summed E-state index contributed by atoms with van der Waals surface area (Å²) in [6.07, 6.45) is 67.8. The molecule has 0 amide bonds. The number of nitrogens with zero attached hydrogens (tertiary/aromatic N) is 1. The van der Waals surface area contributed by atoms with Crippen LogP contribution in [0.15, 0.2) is 134 Å². The molecule has 0 fully saturated rings. The highest BCUT2D eigenvalue weighted by atomic mass is 16.7. The van der Waals surface area contributed by atoms with Gasteiger partial charge in [-0.2, -0.15) is 0 Å². The van der Waals surface area contributed by atoms with Crippen molar-refractivity contribution in [2.24, 2.45) is 0 Å². The number of allylic oxidation sites excluding steroid dienone is 22. The molecule has 0 spiro atoms. The summed E-state index contributed by atoms with van der Waals surface area (Å²) in [5.41, 5.74) is 0. The van der Waals surface area contributed by atoms with E-state index in [0.717, 1.165) is 109 Å². The molecule has 0 aliphatic carbocycles. The van der Waals surface area contributed by atoms with Crippen molar-refractivity contribution in [1.29, 1.82) is 0 Å². The summed E-state index contributed by atoms with van der Waals surface area (Å²) in [6, 6.07) is 0. The Hall–Kier alpha value is -4.57. The van der Waals surface area contributed by atoms with E-state index in [4.69, 9.17) is 18.9 Å². The number of hydrogen-bond donors (Lipinski definition) is 0. The van der Waals surface area contributed by atoms with Gasteiger partial charge in [0.05, 0.1) is 40.3 Å². The first-order valence-corrected chi connectivity index (χ1v) is 26.3. The zero-order valence-corrected chi connectivity index (χ0v) is 43.9. The summed E-state index contributed by atoms with van der Waals surface area (Å²) in [4.78, 5) is 37.2. The standard InChI is InChI=1S/C60H95NO8/c1-6-8-10-12-14-16-18-20-22-24-25-26-27-28-29-30-31-32-33-35-37-39-41-43-45-47-49-51-58(63)69-56(55-68-60(59(64)65)66-53-52-61(3,4)5)54-67-57(62)50-48-46-44-42-40-38-36-34-23-21-19-17-15-13-11-9-7-2/h8-11,14-17,20-23,25-26,28-29,31-32,35,37,41,43,56,60H,6-7,12-13,18-19,24,27,30,33-34,36,38-40,42,44-55H2,1-5H3/b10-8-,11-9-,16-14-,17-15-,22-20-,23-21-,26-25-,29-28-,32-31-,37-35-,43-41-. The average Bonchev–Trinajstić information content (AvgIpc) is 3.31. The van der Waals surface area contributed by atoms with Gasteiger partial charge in [-0.1, -0.05) is 180 Å². The number of likely N-dealkylation sites (N-methyl/N-ethyl adjacent to an activating group) is 1. The molecule has 2 atom stereocenters. The van der Waals surface area contributed by atoms with Crippen LogP contribution in [-0.4, -0.2) is 82.3 Å². The van der Waals surface area contributed by atoms with Gasteiger partial charge in [0.15, 0.2) is 12.4 Å². The van der Waals surface area contributed by atoms with Gasteiger partial charge in [0, 0.05) is 12.8 Å². The van der Waals surface area contributed by atoms with Crippen molar-refractivity contribution in [3.8, 4) is 0 Å². The first-order chi connectivity index (χ1) is 33.6. The molecule has 0 N–H and O–H groups in total.